The Bertz CT molecular complexity index is 583. The van der Waals surface area contributed by atoms with Crippen LogP contribution < -0.4 is 10.0 Å². The van der Waals surface area contributed by atoms with Gasteiger partial charge in [0.2, 0.25) is 10.0 Å². The first-order valence-electron chi connectivity index (χ1n) is 5.42. The number of carboxylic acid groups (broad SMARTS) is 1. The second-order valence-electron chi connectivity index (χ2n) is 4.26. The first-order valence-corrected chi connectivity index (χ1v) is 6.97. The molecule has 0 aromatic heterocycles. The number of benzene rings is 1. The number of carbonyl (C=O) groups is 1. The molecule has 1 unspecified atom stereocenters. The molecule has 0 bridgehead atoms. The minimum atomic E-state index is -3.96. The average molecular weight is 288 g/mol. The van der Waals surface area contributed by atoms with Crippen molar-refractivity contribution in [2.75, 3.05) is 18.5 Å². The molecule has 8 heteroatoms. The first-order chi connectivity index (χ1) is 8.62. The van der Waals surface area contributed by atoms with Gasteiger partial charge < -0.3 is 15.1 Å². The van der Waals surface area contributed by atoms with Crippen LogP contribution in [-0.4, -0.2) is 44.3 Å². The number of nitrogens with zero attached hydrogens (tertiary/aromatic N) is 1. The fourth-order valence-electron chi connectivity index (χ4n) is 1.69. The first kappa shape index (κ1) is 15.4. The zero-order chi connectivity index (χ0) is 14.8. The highest BCUT2D eigenvalue weighted by Crippen LogP contribution is 2.23. The highest BCUT2D eigenvalue weighted by molar-refractivity contribution is 7.89. The number of sulfonamides is 1. The van der Waals surface area contributed by atoms with Crippen molar-refractivity contribution in [3.05, 3.63) is 23.8 Å². The van der Waals surface area contributed by atoms with Crippen LogP contribution in [0.15, 0.2) is 23.1 Å². The van der Waals surface area contributed by atoms with Crippen LogP contribution in [0.1, 0.15) is 17.3 Å². The molecule has 0 amide bonds. The van der Waals surface area contributed by atoms with E-state index in [1.54, 1.807) is 14.0 Å². The molecular formula is C11H16N2O5S. The SMILES string of the molecule is CC(O)CN(C)c1ccc(S(N)(=O)=O)cc1C(=O)O. The van der Waals surface area contributed by atoms with Crippen molar-refractivity contribution in [3.63, 3.8) is 0 Å². The van der Waals surface area contributed by atoms with Gasteiger partial charge in [-0.15, -0.1) is 0 Å². The molecule has 0 aliphatic rings. The summed E-state index contributed by atoms with van der Waals surface area (Å²) in [4.78, 5) is 12.4. The Morgan fingerprint density at radius 1 is 1.47 bits per heavy atom. The summed E-state index contributed by atoms with van der Waals surface area (Å²) in [7, 11) is -2.35. The van der Waals surface area contributed by atoms with E-state index in [1.807, 2.05) is 0 Å². The molecule has 1 aromatic carbocycles. The van der Waals surface area contributed by atoms with Crippen LogP contribution in [0.3, 0.4) is 0 Å². The zero-order valence-corrected chi connectivity index (χ0v) is 11.4. The smallest absolute Gasteiger partial charge is 0.337 e. The summed E-state index contributed by atoms with van der Waals surface area (Å²) in [5.74, 6) is -1.27. The summed E-state index contributed by atoms with van der Waals surface area (Å²) in [6, 6.07) is 3.59. The van der Waals surface area contributed by atoms with Crippen LogP contribution in [0.5, 0.6) is 0 Å². The standard InChI is InChI=1S/C11H16N2O5S/c1-7(14)6-13(2)10-4-3-8(19(12,17)18)5-9(10)11(15)16/h3-5,7,14H,6H2,1-2H3,(H,15,16)(H2,12,17,18). The van der Waals surface area contributed by atoms with E-state index in [2.05, 4.69) is 0 Å². The number of primary sulfonamides is 1. The molecule has 1 aromatic rings. The van der Waals surface area contributed by atoms with Gasteiger partial charge in [0.25, 0.3) is 0 Å². The van der Waals surface area contributed by atoms with E-state index in [1.165, 1.54) is 17.0 Å². The van der Waals surface area contributed by atoms with Gasteiger partial charge in [-0.25, -0.2) is 18.4 Å². The number of nitrogens with two attached hydrogens (primary N) is 1. The molecule has 0 spiro atoms. The van der Waals surface area contributed by atoms with Gasteiger partial charge in [0, 0.05) is 13.6 Å². The van der Waals surface area contributed by atoms with Gasteiger partial charge in [0.05, 0.1) is 22.3 Å². The molecular weight excluding hydrogens is 272 g/mol. The maximum atomic E-state index is 11.2. The Kier molecular flexibility index (Phi) is 4.51. The molecule has 0 aliphatic carbocycles. The van der Waals surface area contributed by atoms with Crippen molar-refractivity contribution >= 4 is 21.7 Å². The van der Waals surface area contributed by atoms with Gasteiger partial charge >= 0.3 is 5.97 Å². The molecule has 106 valence electrons. The van der Waals surface area contributed by atoms with E-state index < -0.39 is 22.1 Å². The molecule has 0 saturated heterocycles. The largest absolute Gasteiger partial charge is 0.478 e. The summed E-state index contributed by atoms with van der Waals surface area (Å²) in [5.41, 5.74) is 0.121. The van der Waals surface area contributed by atoms with Crippen LogP contribution in [0.25, 0.3) is 0 Å². The Hall–Kier alpha value is -1.64. The quantitative estimate of drug-likeness (QED) is 0.692. The summed E-state index contributed by atoms with van der Waals surface area (Å²) in [6.07, 6.45) is -0.649. The molecule has 19 heavy (non-hydrogen) atoms. The lowest BCUT2D eigenvalue weighted by atomic mass is 10.1. The van der Waals surface area contributed by atoms with Crippen molar-refractivity contribution in [2.24, 2.45) is 5.14 Å². The predicted octanol–water partition coefficient (Wildman–Crippen LogP) is -0.151. The van der Waals surface area contributed by atoms with Crippen molar-refractivity contribution in [1.82, 2.24) is 0 Å². The van der Waals surface area contributed by atoms with Gasteiger partial charge in [-0.3, -0.25) is 0 Å². The highest BCUT2D eigenvalue weighted by atomic mass is 32.2. The molecule has 0 heterocycles. The maximum absolute atomic E-state index is 11.2. The van der Waals surface area contributed by atoms with Crippen molar-refractivity contribution in [2.45, 2.75) is 17.9 Å². The van der Waals surface area contributed by atoms with Gasteiger partial charge in [-0.1, -0.05) is 0 Å². The van der Waals surface area contributed by atoms with Crippen LogP contribution in [0.2, 0.25) is 0 Å². The molecule has 7 nitrogen and oxygen atoms in total. The number of anilines is 1. The number of aromatic carboxylic acids is 1. The third kappa shape index (κ3) is 3.91. The Morgan fingerprint density at radius 3 is 2.47 bits per heavy atom. The summed E-state index contributed by atoms with van der Waals surface area (Å²) in [6.45, 7) is 1.78. The minimum Gasteiger partial charge on any atom is -0.478 e. The minimum absolute atomic E-state index is 0.185. The number of hydrogen-bond acceptors (Lipinski definition) is 5. The fraction of sp³-hybridized carbons (Fsp3) is 0.364. The van der Waals surface area contributed by atoms with E-state index in [-0.39, 0.29) is 17.0 Å². The number of rotatable bonds is 5. The van der Waals surface area contributed by atoms with E-state index in [0.717, 1.165) is 6.07 Å². The topological polar surface area (TPSA) is 121 Å². The number of hydrogen-bond donors (Lipinski definition) is 3. The van der Waals surface area contributed by atoms with Crippen molar-refractivity contribution < 1.29 is 23.4 Å². The van der Waals surface area contributed by atoms with E-state index in [0.29, 0.717) is 5.69 Å². The third-order valence-electron chi connectivity index (χ3n) is 2.48. The van der Waals surface area contributed by atoms with Gasteiger partial charge in [-0.05, 0) is 25.1 Å². The summed E-state index contributed by atoms with van der Waals surface area (Å²) >= 11 is 0. The molecule has 1 atom stereocenters. The Morgan fingerprint density at radius 2 is 2.05 bits per heavy atom. The molecule has 1 rings (SSSR count). The second-order valence-corrected chi connectivity index (χ2v) is 5.82. The van der Waals surface area contributed by atoms with E-state index in [9.17, 15) is 18.3 Å². The van der Waals surface area contributed by atoms with E-state index >= 15 is 0 Å². The van der Waals surface area contributed by atoms with Crippen molar-refractivity contribution in [3.8, 4) is 0 Å². The normalized spacial score (nSPS) is 13.1. The lowest BCUT2D eigenvalue weighted by Gasteiger charge is -2.22. The predicted molar refractivity (Wildman–Crippen MR) is 69.7 cm³/mol. The Labute approximate surface area is 111 Å². The number of likely N-dealkylation sites (N-methyl/N-ethyl adjacent to an activating group) is 1. The summed E-state index contributed by atoms with van der Waals surface area (Å²) in [5, 5.41) is 23.4. The zero-order valence-electron chi connectivity index (χ0n) is 10.6. The molecule has 0 saturated carbocycles. The van der Waals surface area contributed by atoms with Crippen LogP contribution in [-0.2, 0) is 10.0 Å². The molecule has 0 fully saturated rings. The average Bonchev–Trinajstić information content (AvgIpc) is 2.25. The summed E-state index contributed by atoms with van der Waals surface area (Å²) < 4.78 is 22.4. The number of aliphatic hydroxyl groups is 1. The number of aliphatic hydroxyl groups excluding tert-OH is 1. The lowest BCUT2D eigenvalue weighted by molar-refractivity contribution is 0.0697. The van der Waals surface area contributed by atoms with Gasteiger partial charge in [0.1, 0.15) is 0 Å². The Balaban J connectivity index is 3.31. The van der Waals surface area contributed by atoms with E-state index in [4.69, 9.17) is 10.2 Å². The molecule has 0 aliphatic heterocycles. The monoisotopic (exact) mass is 288 g/mol. The van der Waals surface area contributed by atoms with Crippen LogP contribution in [0.4, 0.5) is 5.69 Å². The van der Waals surface area contributed by atoms with Crippen LogP contribution in [0, 0.1) is 0 Å². The number of carboxylic acids is 1. The lowest BCUT2D eigenvalue weighted by Crippen LogP contribution is -2.28. The fourth-order valence-corrected chi connectivity index (χ4v) is 2.23. The third-order valence-corrected chi connectivity index (χ3v) is 3.39. The maximum Gasteiger partial charge on any atom is 0.337 e. The highest BCUT2D eigenvalue weighted by Gasteiger charge is 2.18. The molecule has 4 N–H and O–H groups in total. The van der Waals surface area contributed by atoms with Gasteiger partial charge in [-0.2, -0.15) is 0 Å². The van der Waals surface area contributed by atoms with Gasteiger partial charge in [0.15, 0.2) is 0 Å². The second kappa shape index (κ2) is 5.55. The molecule has 0 radical (unpaired) electrons. The van der Waals surface area contributed by atoms with Crippen molar-refractivity contribution in [1.29, 1.82) is 0 Å². The van der Waals surface area contributed by atoms with Crippen LogP contribution >= 0.6 is 0 Å².